The lowest BCUT2D eigenvalue weighted by Crippen LogP contribution is -2.42. The van der Waals surface area contributed by atoms with Crippen LogP contribution < -0.4 is 14.8 Å². The third kappa shape index (κ3) is 5.43. The van der Waals surface area contributed by atoms with E-state index < -0.39 is 0 Å². The fraction of sp³-hybridized carbons (Fsp3) is 0.261. The molecule has 1 N–H and O–H groups in total. The molecule has 0 saturated carbocycles. The molecule has 166 valence electrons. The van der Waals surface area contributed by atoms with E-state index in [4.69, 9.17) is 14.2 Å². The first kappa shape index (κ1) is 21.8. The number of morpholine rings is 1. The van der Waals surface area contributed by atoms with Crippen LogP contribution in [0.2, 0.25) is 0 Å². The van der Waals surface area contributed by atoms with Crippen molar-refractivity contribution in [3.05, 3.63) is 59.5 Å². The van der Waals surface area contributed by atoms with Crippen molar-refractivity contribution < 1.29 is 23.8 Å². The number of hydrogen-bond acceptors (Lipinski definition) is 7. The Kier molecular flexibility index (Phi) is 6.98. The van der Waals surface area contributed by atoms with Gasteiger partial charge in [0.05, 0.1) is 26.0 Å². The van der Waals surface area contributed by atoms with Gasteiger partial charge in [-0.15, -0.1) is 11.3 Å². The number of benzene rings is 2. The standard InChI is InChI=1S/C23H23N3O5S/c1-29-18-6-2-4-16(12-18)20-15-32-23(24-20)25-22(28)17-5-3-7-19(13-17)31-14-21(27)26-8-10-30-11-9-26/h2-7,12-13,15H,8-11,14H2,1H3,(H,24,25,28). The van der Waals surface area contributed by atoms with E-state index in [1.807, 2.05) is 29.6 Å². The Morgan fingerprint density at radius 3 is 2.72 bits per heavy atom. The zero-order valence-electron chi connectivity index (χ0n) is 17.6. The number of thiazole rings is 1. The number of methoxy groups -OCH3 is 1. The molecule has 32 heavy (non-hydrogen) atoms. The van der Waals surface area contributed by atoms with Crippen molar-refractivity contribution in [3.8, 4) is 22.8 Å². The lowest BCUT2D eigenvalue weighted by atomic mass is 10.2. The zero-order valence-corrected chi connectivity index (χ0v) is 18.4. The van der Waals surface area contributed by atoms with Crippen LogP contribution in [0.4, 0.5) is 5.13 Å². The van der Waals surface area contributed by atoms with Gasteiger partial charge in [-0.3, -0.25) is 14.9 Å². The minimum Gasteiger partial charge on any atom is -0.497 e. The van der Waals surface area contributed by atoms with Crippen molar-refractivity contribution in [1.29, 1.82) is 0 Å². The molecule has 9 heteroatoms. The van der Waals surface area contributed by atoms with E-state index in [2.05, 4.69) is 10.3 Å². The first-order valence-corrected chi connectivity index (χ1v) is 11.0. The molecule has 1 aliphatic rings. The van der Waals surface area contributed by atoms with Crippen LogP contribution in [0.5, 0.6) is 11.5 Å². The van der Waals surface area contributed by atoms with Gasteiger partial charge in [-0.25, -0.2) is 4.98 Å². The Morgan fingerprint density at radius 1 is 1.12 bits per heavy atom. The predicted molar refractivity (Wildman–Crippen MR) is 121 cm³/mol. The number of hydrogen-bond donors (Lipinski definition) is 1. The average Bonchev–Trinajstić information content (AvgIpc) is 3.32. The van der Waals surface area contributed by atoms with E-state index in [1.54, 1.807) is 36.3 Å². The fourth-order valence-corrected chi connectivity index (χ4v) is 3.91. The number of carbonyl (C=O) groups excluding carboxylic acids is 2. The minimum absolute atomic E-state index is 0.0819. The number of rotatable bonds is 7. The second-order valence-corrected chi connectivity index (χ2v) is 7.89. The first-order valence-electron chi connectivity index (χ1n) is 10.1. The van der Waals surface area contributed by atoms with Crippen molar-refractivity contribution in [1.82, 2.24) is 9.88 Å². The predicted octanol–water partition coefficient (Wildman–Crippen LogP) is 3.31. The quantitative estimate of drug-likeness (QED) is 0.590. The lowest BCUT2D eigenvalue weighted by Gasteiger charge is -2.26. The normalized spacial score (nSPS) is 13.5. The lowest BCUT2D eigenvalue weighted by molar-refractivity contribution is -0.137. The van der Waals surface area contributed by atoms with Crippen molar-refractivity contribution in [2.45, 2.75) is 0 Å². The van der Waals surface area contributed by atoms with Crippen LogP contribution >= 0.6 is 11.3 Å². The van der Waals surface area contributed by atoms with Crippen LogP contribution in [0.1, 0.15) is 10.4 Å². The van der Waals surface area contributed by atoms with E-state index in [0.717, 1.165) is 17.0 Å². The van der Waals surface area contributed by atoms with Gasteiger partial charge in [-0.2, -0.15) is 0 Å². The number of carbonyl (C=O) groups is 2. The van der Waals surface area contributed by atoms with Crippen LogP contribution in [0.25, 0.3) is 11.3 Å². The number of nitrogens with one attached hydrogen (secondary N) is 1. The highest BCUT2D eigenvalue weighted by Crippen LogP contribution is 2.28. The molecule has 0 spiro atoms. The van der Waals surface area contributed by atoms with Gasteiger partial charge in [0.1, 0.15) is 11.5 Å². The van der Waals surface area contributed by atoms with Crippen LogP contribution in [-0.4, -0.2) is 61.7 Å². The van der Waals surface area contributed by atoms with Crippen LogP contribution in [0.3, 0.4) is 0 Å². The number of amides is 2. The summed E-state index contributed by atoms with van der Waals surface area (Å²) in [4.78, 5) is 31.1. The van der Waals surface area contributed by atoms with Gasteiger partial charge in [0.25, 0.3) is 11.8 Å². The summed E-state index contributed by atoms with van der Waals surface area (Å²) >= 11 is 1.34. The SMILES string of the molecule is COc1cccc(-c2csc(NC(=O)c3cccc(OCC(=O)N4CCOCC4)c3)n2)c1. The highest BCUT2D eigenvalue weighted by Gasteiger charge is 2.17. The summed E-state index contributed by atoms with van der Waals surface area (Å²) in [6.45, 7) is 2.13. The van der Waals surface area contributed by atoms with Gasteiger partial charge in [0.2, 0.25) is 0 Å². The highest BCUT2D eigenvalue weighted by molar-refractivity contribution is 7.14. The highest BCUT2D eigenvalue weighted by atomic mass is 32.1. The van der Waals surface area contributed by atoms with Gasteiger partial charge in [-0.1, -0.05) is 18.2 Å². The Hall–Kier alpha value is -3.43. The van der Waals surface area contributed by atoms with Crippen molar-refractivity contribution in [2.24, 2.45) is 0 Å². The molecule has 4 rings (SSSR count). The van der Waals surface area contributed by atoms with Gasteiger partial charge < -0.3 is 19.1 Å². The molecule has 0 radical (unpaired) electrons. The van der Waals surface area contributed by atoms with E-state index in [1.165, 1.54) is 11.3 Å². The zero-order chi connectivity index (χ0) is 22.3. The average molecular weight is 454 g/mol. The van der Waals surface area contributed by atoms with E-state index in [-0.39, 0.29) is 18.4 Å². The largest absolute Gasteiger partial charge is 0.497 e. The first-order chi connectivity index (χ1) is 15.6. The van der Waals surface area contributed by atoms with E-state index in [9.17, 15) is 9.59 Å². The molecule has 1 aliphatic heterocycles. The molecular formula is C23H23N3O5S. The molecule has 0 unspecified atom stereocenters. The Balaban J connectivity index is 1.36. The molecule has 0 atom stereocenters. The van der Waals surface area contributed by atoms with Crippen molar-refractivity contribution in [3.63, 3.8) is 0 Å². The van der Waals surface area contributed by atoms with E-state index >= 15 is 0 Å². The molecular weight excluding hydrogens is 430 g/mol. The Bertz CT molecular complexity index is 1090. The number of nitrogens with zero attached hydrogens (tertiary/aromatic N) is 2. The maximum Gasteiger partial charge on any atom is 0.260 e. The van der Waals surface area contributed by atoms with Gasteiger partial charge in [-0.05, 0) is 30.3 Å². The molecule has 0 aliphatic carbocycles. The van der Waals surface area contributed by atoms with Gasteiger partial charge >= 0.3 is 0 Å². The molecule has 2 aromatic carbocycles. The molecule has 3 aromatic rings. The molecule has 2 heterocycles. The Labute approximate surface area is 189 Å². The maximum atomic E-state index is 12.7. The van der Waals surface area contributed by atoms with Crippen LogP contribution in [0, 0.1) is 0 Å². The number of ether oxygens (including phenoxy) is 3. The van der Waals surface area contributed by atoms with Crippen molar-refractivity contribution >= 4 is 28.3 Å². The second-order valence-electron chi connectivity index (χ2n) is 7.03. The molecule has 1 fully saturated rings. The maximum absolute atomic E-state index is 12.7. The number of aromatic nitrogens is 1. The Morgan fingerprint density at radius 2 is 1.91 bits per heavy atom. The molecule has 8 nitrogen and oxygen atoms in total. The summed E-state index contributed by atoms with van der Waals surface area (Å²) in [5, 5.41) is 5.18. The monoisotopic (exact) mass is 453 g/mol. The molecule has 2 amide bonds. The molecule has 1 saturated heterocycles. The fourth-order valence-electron chi connectivity index (χ4n) is 3.19. The molecule has 1 aromatic heterocycles. The summed E-state index contributed by atoms with van der Waals surface area (Å²) in [7, 11) is 1.61. The summed E-state index contributed by atoms with van der Waals surface area (Å²) < 4.78 is 16.1. The second kappa shape index (κ2) is 10.3. The van der Waals surface area contributed by atoms with Crippen molar-refractivity contribution in [2.75, 3.05) is 45.3 Å². The summed E-state index contributed by atoms with van der Waals surface area (Å²) in [6, 6.07) is 14.3. The third-order valence-corrected chi connectivity index (χ3v) is 5.67. The van der Waals surface area contributed by atoms with Crippen LogP contribution in [0.15, 0.2) is 53.9 Å². The summed E-state index contributed by atoms with van der Waals surface area (Å²) in [6.07, 6.45) is 0. The van der Waals surface area contributed by atoms with Crippen LogP contribution in [-0.2, 0) is 9.53 Å². The minimum atomic E-state index is -0.304. The smallest absolute Gasteiger partial charge is 0.260 e. The summed E-state index contributed by atoms with van der Waals surface area (Å²) in [5.41, 5.74) is 2.07. The van der Waals surface area contributed by atoms with E-state index in [0.29, 0.717) is 42.7 Å². The third-order valence-electron chi connectivity index (χ3n) is 4.91. The number of anilines is 1. The molecule has 0 bridgehead atoms. The van der Waals surface area contributed by atoms with Gasteiger partial charge in [0.15, 0.2) is 11.7 Å². The topological polar surface area (TPSA) is 90.0 Å². The van der Waals surface area contributed by atoms with Gasteiger partial charge in [0, 0.05) is 29.6 Å². The summed E-state index contributed by atoms with van der Waals surface area (Å²) in [5.74, 6) is 0.790.